The van der Waals surface area contributed by atoms with Crippen molar-refractivity contribution in [3.05, 3.63) is 29.3 Å². The quantitative estimate of drug-likeness (QED) is 0.928. The zero-order valence-electron chi connectivity index (χ0n) is 12.5. The molecule has 1 aromatic rings. The van der Waals surface area contributed by atoms with Crippen molar-refractivity contribution in [3.63, 3.8) is 0 Å². The van der Waals surface area contributed by atoms with Crippen LogP contribution in [0.2, 0.25) is 0 Å². The molecule has 20 heavy (non-hydrogen) atoms. The zero-order valence-corrected chi connectivity index (χ0v) is 13.3. The molecule has 0 radical (unpaired) electrons. The highest BCUT2D eigenvalue weighted by molar-refractivity contribution is 7.92. The second-order valence-corrected chi connectivity index (χ2v) is 7.96. The molecule has 1 unspecified atom stereocenters. The van der Waals surface area contributed by atoms with Crippen molar-refractivity contribution < 1.29 is 8.42 Å². The number of hydrogen-bond acceptors (Lipinski definition) is 3. The monoisotopic (exact) mass is 296 g/mol. The fraction of sp³-hybridized carbons (Fsp3) is 0.600. The van der Waals surface area contributed by atoms with Crippen molar-refractivity contribution in [2.45, 2.75) is 39.7 Å². The first kappa shape index (κ1) is 15.3. The first-order valence-corrected chi connectivity index (χ1v) is 8.81. The Bertz CT molecular complexity index is 580. The third-order valence-corrected chi connectivity index (χ3v) is 5.72. The summed E-state index contributed by atoms with van der Waals surface area (Å²) in [7, 11) is -3.23. The predicted octanol–water partition coefficient (Wildman–Crippen LogP) is 2.44. The van der Waals surface area contributed by atoms with Gasteiger partial charge in [0.15, 0.2) is 0 Å². The van der Waals surface area contributed by atoms with E-state index in [0.29, 0.717) is 6.54 Å². The number of rotatable bonds is 4. The van der Waals surface area contributed by atoms with Gasteiger partial charge in [-0.2, -0.15) is 0 Å². The van der Waals surface area contributed by atoms with Crippen LogP contribution in [-0.2, 0) is 16.4 Å². The van der Waals surface area contributed by atoms with E-state index < -0.39 is 10.0 Å². The predicted molar refractivity (Wildman–Crippen MR) is 83.3 cm³/mol. The van der Waals surface area contributed by atoms with Crippen molar-refractivity contribution in [2.24, 2.45) is 11.7 Å². The highest BCUT2D eigenvalue weighted by atomic mass is 32.2. The van der Waals surface area contributed by atoms with Crippen LogP contribution >= 0.6 is 0 Å². The van der Waals surface area contributed by atoms with E-state index in [0.717, 1.165) is 29.7 Å². The van der Waals surface area contributed by atoms with Crippen LogP contribution in [-0.4, -0.2) is 20.7 Å². The van der Waals surface area contributed by atoms with Crippen molar-refractivity contribution in [1.29, 1.82) is 0 Å². The van der Waals surface area contributed by atoms with Gasteiger partial charge in [-0.15, -0.1) is 0 Å². The van der Waals surface area contributed by atoms with Gasteiger partial charge in [-0.3, -0.25) is 4.31 Å². The molecule has 1 aliphatic rings. The van der Waals surface area contributed by atoms with Crippen molar-refractivity contribution >= 4 is 15.7 Å². The molecule has 0 aliphatic carbocycles. The number of hydrogen-bond donors (Lipinski definition) is 1. The first-order valence-electron chi connectivity index (χ1n) is 7.20. The standard InChI is InChI=1S/C15H24N2O2S/c1-11(2)10-20(18,19)17-8-4-5-14-9-13(12(3)16)6-7-15(14)17/h6-7,9,11-12H,4-5,8,10,16H2,1-3H3. The molecule has 112 valence electrons. The van der Waals surface area contributed by atoms with Gasteiger partial charge in [0, 0.05) is 12.6 Å². The van der Waals surface area contributed by atoms with Crippen molar-refractivity contribution in [2.75, 3.05) is 16.6 Å². The summed E-state index contributed by atoms with van der Waals surface area (Å²) in [6.07, 6.45) is 1.79. The molecule has 0 bridgehead atoms. The van der Waals surface area contributed by atoms with Gasteiger partial charge in [0.25, 0.3) is 0 Å². The van der Waals surface area contributed by atoms with E-state index in [1.54, 1.807) is 4.31 Å². The van der Waals surface area contributed by atoms with E-state index >= 15 is 0 Å². The maximum Gasteiger partial charge on any atom is 0.235 e. The molecule has 0 amide bonds. The van der Waals surface area contributed by atoms with Gasteiger partial charge in [-0.25, -0.2) is 8.42 Å². The summed E-state index contributed by atoms with van der Waals surface area (Å²) in [4.78, 5) is 0. The third kappa shape index (κ3) is 3.15. The SMILES string of the molecule is CC(C)CS(=O)(=O)N1CCCc2cc(C(C)N)ccc21. The molecular formula is C15H24N2O2S. The summed E-state index contributed by atoms with van der Waals surface area (Å²) >= 11 is 0. The van der Waals surface area contributed by atoms with E-state index in [4.69, 9.17) is 5.73 Å². The smallest absolute Gasteiger partial charge is 0.235 e. The van der Waals surface area contributed by atoms with E-state index in [-0.39, 0.29) is 17.7 Å². The van der Waals surface area contributed by atoms with Gasteiger partial charge in [-0.05, 0) is 42.9 Å². The van der Waals surface area contributed by atoms with Crippen LogP contribution in [0.25, 0.3) is 0 Å². The number of sulfonamides is 1. The number of anilines is 1. The minimum absolute atomic E-state index is 0.0250. The van der Waals surface area contributed by atoms with Gasteiger partial charge in [0.1, 0.15) is 0 Å². The van der Waals surface area contributed by atoms with E-state index in [1.807, 2.05) is 32.9 Å². The minimum Gasteiger partial charge on any atom is -0.324 e. The van der Waals surface area contributed by atoms with E-state index in [1.165, 1.54) is 0 Å². The topological polar surface area (TPSA) is 63.4 Å². The molecule has 0 aromatic heterocycles. The summed E-state index contributed by atoms with van der Waals surface area (Å²) in [5.74, 6) is 0.329. The highest BCUT2D eigenvalue weighted by Crippen LogP contribution is 2.31. The lowest BCUT2D eigenvalue weighted by Crippen LogP contribution is -2.38. The maximum atomic E-state index is 12.5. The Morgan fingerprint density at radius 1 is 1.30 bits per heavy atom. The maximum absolute atomic E-state index is 12.5. The molecular weight excluding hydrogens is 272 g/mol. The Labute approximate surface area is 122 Å². The molecule has 0 spiro atoms. The Hall–Kier alpha value is -1.07. The molecule has 0 saturated heterocycles. The average molecular weight is 296 g/mol. The Kier molecular flexibility index (Phi) is 4.39. The number of nitrogens with two attached hydrogens (primary N) is 1. The van der Waals surface area contributed by atoms with E-state index in [9.17, 15) is 8.42 Å². The van der Waals surface area contributed by atoms with Crippen LogP contribution in [0, 0.1) is 5.92 Å². The van der Waals surface area contributed by atoms with Crippen LogP contribution in [0.5, 0.6) is 0 Å². The summed E-state index contributed by atoms with van der Waals surface area (Å²) < 4.78 is 26.5. The van der Waals surface area contributed by atoms with Crippen LogP contribution in [0.1, 0.15) is 44.4 Å². The van der Waals surface area contributed by atoms with Crippen LogP contribution in [0.15, 0.2) is 18.2 Å². The molecule has 4 nitrogen and oxygen atoms in total. The van der Waals surface area contributed by atoms with Crippen LogP contribution in [0.3, 0.4) is 0 Å². The lowest BCUT2D eigenvalue weighted by molar-refractivity contribution is 0.573. The number of aryl methyl sites for hydroxylation is 1. The number of benzene rings is 1. The summed E-state index contributed by atoms with van der Waals surface area (Å²) in [5.41, 5.74) is 8.89. The minimum atomic E-state index is -3.23. The van der Waals surface area contributed by atoms with Crippen LogP contribution in [0.4, 0.5) is 5.69 Å². The molecule has 1 heterocycles. The van der Waals surface area contributed by atoms with Gasteiger partial charge < -0.3 is 5.73 Å². The summed E-state index contributed by atoms with van der Waals surface area (Å²) in [6, 6.07) is 5.87. The Morgan fingerprint density at radius 3 is 2.60 bits per heavy atom. The van der Waals surface area contributed by atoms with E-state index in [2.05, 4.69) is 6.07 Å². The highest BCUT2D eigenvalue weighted by Gasteiger charge is 2.28. The first-order chi connectivity index (χ1) is 9.31. The molecule has 0 fully saturated rings. The fourth-order valence-electron chi connectivity index (χ4n) is 2.67. The third-order valence-electron chi connectivity index (χ3n) is 3.59. The second-order valence-electron chi connectivity index (χ2n) is 6.02. The fourth-order valence-corrected chi connectivity index (χ4v) is 4.57. The molecule has 1 aliphatic heterocycles. The van der Waals surface area contributed by atoms with Crippen molar-refractivity contribution in [3.8, 4) is 0 Å². The molecule has 0 saturated carbocycles. The molecule has 1 atom stereocenters. The lowest BCUT2D eigenvalue weighted by atomic mass is 9.98. The van der Waals surface area contributed by atoms with Gasteiger partial charge in [-0.1, -0.05) is 26.0 Å². The molecule has 5 heteroatoms. The second kappa shape index (κ2) is 5.74. The van der Waals surface area contributed by atoms with Crippen molar-refractivity contribution in [1.82, 2.24) is 0 Å². The lowest BCUT2D eigenvalue weighted by Gasteiger charge is -2.31. The molecule has 2 N–H and O–H groups in total. The zero-order chi connectivity index (χ0) is 14.9. The average Bonchev–Trinajstić information content (AvgIpc) is 2.35. The molecule has 2 rings (SSSR count). The Balaban J connectivity index is 2.38. The summed E-state index contributed by atoms with van der Waals surface area (Å²) in [5, 5.41) is 0. The van der Waals surface area contributed by atoms with Gasteiger partial charge in [0.05, 0.1) is 11.4 Å². The Morgan fingerprint density at radius 2 is 2.00 bits per heavy atom. The number of fused-ring (bicyclic) bond motifs is 1. The normalized spacial score (nSPS) is 17.1. The largest absolute Gasteiger partial charge is 0.324 e. The van der Waals surface area contributed by atoms with Crippen LogP contribution < -0.4 is 10.0 Å². The summed E-state index contributed by atoms with van der Waals surface area (Å²) in [6.45, 7) is 6.39. The van der Waals surface area contributed by atoms with Gasteiger partial charge in [0.2, 0.25) is 10.0 Å². The molecule has 1 aromatic carbocycles. The van der Waals surface area contributed by atoms with Gasteiger partial charge >= 0.3 is 0 Å². The number of nitrogens with zero attached hydrogens (tertiary/aromatic N) is 1.